The van der Waals surface area contributed by atoms with Crippen molar-refractivity contribution in [3.63, 3.8) is 0 Å². The largest absolute Gasteiger partial charge is 0.322 e. The molecule has 0 saturated heterocycles. The zero-order chi connectivity index (χ0) is 38.5. The van der Waals surface area contributed by atoms with Gasteiger partial charge in [0.15, 0.2) is 46.5 Å². The van der Waals surface area contributed by atoms with Gasteiger partial charge in [-0.3, -0.25) is 0 Å². The van der Waals surface area contributed by atoms with Gasteiger partial charge in [0.2, 0.25) is 11.6 Å². The van der Waals surface area contributed by atoms with Gasteiger partial charge in [0, 0.05) is 33.9 Å². The average molecular weight is 737 g/mol. The first-order valence-corrected chi connectivity index (χ1v) is 16.9. The highest BCUT2D eigenvalue weighted by atomic mass is 19.2. The van der Waals surface area contributed by atoms with Gasteiger partial charge in [0.1, 0.15) is 6.17 Å². The Labute approximate surface area is 296 Å². The molecule has 0 aliphatic carbocycles. The fourth-order valence-corrected chi connectivity index (χ4v) is 7.73. The van der Waals surface area contributed by atoms with Crippen LogP contribution in [0.25, 0.3) is 0 Å². The predicted octanol–water partition coefficient (Wildman–Crippen LogP) is 11.9. The fourth-order valence-electron chi connectivity index (χ4n) is 7.73. The summed E-state index contributed by atoms with van der Waals surface area (Å²) in [6.07, 6.45) is -1.49. The molecule has 1 aliphatic rings. The van der Waals surface area contributed by atoms with E-state index in [-0.39, 0.29) is 25.7 Å². The minimum absolute atomic E-state index is 0.0644. The van der Waals surface area contributed by atoms with Crippen LogP contribution in [0.2, 0.25) is 0 Å². The van der Waals surface area contributed by atoms with E-state index < -0.39 is 88.3 Å². The predicted molar refractivity (Wildman–Crippen MR) is 181 cm³/mol. The molecule has 0 spiro atoms. The average Bonchev–Trinajstić information content (AvgIpc) is 3.33. The third kappa shape index (κ3) is 6.76. The molecule has 0 N–H and O–H groups in total. The van der Waals surface area contributed by atoms with E-state index in [1.807, 2.05) is 82.5 Å². The number of hydrogen-bond acceptors (Lipinski definition) is 2. The summed E-state index contributed by atoms with van der Waals surface area (Å²) in [6, 6.07) is 7.93. The molecule has 52 heavy (non-hydrogen) atoms. The van der Waals surface area contributed by atoms with Gasteiger partial charge in [-0.1, -0.05) is 35.4 Å². The van der Waals surface area contributed by atoms with Crippen molar-refractivity contribution in [2.24, 2.45) is 0 Å². The van der Waals surface area contributed by atoms with Crippen molar-refractivity contribution in [1.29, 1.82) is 0 Å². The van der Waals surface area contributed by atoms with Crippen LogP contribution < -0.4 is 9.80 Å². The lowest BCUT2D eigenvalue weighted by atomic mass is 9.99. The first-order chi connectivity index (χ1) is 24.4. The second kappa shape index (κ2) is 14.9. The molecule has 4 aromatic carbocycles. The minimum Gasteiger partial charge on any atom is -0.322 e. The van der Waals surface area contributed by atoms with E-state index in [9.17, 15) is 43.9 Å². The van der Waals surface area contributed by atoms with E-state index in [4.69, 9.17) is 0 Å². The number of aryl methyl sites for hydroxylation is 6. The lowest BCUT2D eigenvalue weighted by Gasteiger charge is -2.36. The van der Waals surface area contributed by atoms with Crippen LogP contribution in [-0.2, 0) is 12.8 Å². The van der Waals surface area contributed by atoms with Crippen LogP contribution >= 0.6 is 0 Å². The molecule has 0 radical (unpaired) electrons. The van der Waals surface area contributed by atoms with Gasteiger partial charge in [0.05, 0.1) is 0 Å². The highest BCUT2D eigenvalue weighted by Gasteiger charge is 2.39. The Kier molecular flexibility index (Phi) is 11.1. The van der Waals surface area contributed by atoms with E-state index in [0.29, 0.717) is 11.4 Å². The Morgan fingerprint density at radius 2 is 0.654 bits per heavy atom. The molecule has 0 unspecified atom stereocenters. The third-order valence-corrected chi connectivity index (χ3v) is 9.70. The molecule has 5 rings (SSSR count). The number of allylic oxidation sites excluding steroid dienone is 2. The zero-order valence-electron chi connectivity index (χ0n) is 29.8. The molecule has 0 amide bonds. The van der Waals surface area contributed by atoms with Crippen LogP contribution in [0.3, 0.4) is 0 Å². The highest BCUT2D eigenvalue weighted by molar-refractivity contribution is 5.74. The van der Waals surface area contributed by atoms with Crippen LogP contribution in [0.4, 0.5) is 55.3 Å². The quantitative estimate of drug-likeness (QED) is 0.0909. The van der Waals surface area contributed by atoms with Gasteiger partial charge >= 0.3 is 0 Å². The standard InChI is InChI=1S/C40H38F10N2/c1-18-14-20(3)39(21(4)15-18)51-24(7)52(40-22(5)16-19(2)17-23(40)6)28(13-9-11-26-31(43)35(47)38(50)36(48)32(26)44)27(51)12-8-10-25-29(41)33(45)37(49)34(46)30(25)42/h14-17,24H,8-13H2,1-7H3. The van der Waals surface area contributed by atoms with Crippen molar-refractivity contribution in [3.8, 4) is 0 Å². The number of hydrogen-bond donors (Lipinski definition) is 0. The lowest BCUT2D eigenvalue weighted by Crippen LogP contribution is -2.39. The van der Waals surface area contributed by atoms with Crippen molar-refractivity contribution >= 4 is 11.4 Å². The van der Waals surface area contributed by atoms with Crippen LogP contribution in [0.1, 0.15) is 77.1 Å². The highest BCUT2D eigenvalue weighted by Crippen LogP contribution is 2.46. The Morgan fingerprint density at radius 1 is 0.404 bits per heavy atom. The number of nitrogens with zero attached hydrogens (tertiary/aromatic N) is 2. The maximum absolute atomic E-state index is 14.7. The maximum atomic E-state index is 14.7. The summed E-state index contributed by atoms with van der Waals surface area (Å²) < 4.78 is 143. The minimum atomic E-state index is -2.25. The molecule has 278 valence electrons. The smallest absolute Gasteiger partial charge is 0.200 e. The maximum Gasteiger partial charge on any atom is 0.200 e. The molecule has 1 aliphatic heterocycles. The summed E-state index contributed by atoms with van der Waals surface area (Å²) in [4.78, 5) is 4.07. The van der Waals surface area contributed by atoms with E-state index in [1.54, 1.807) is 0 Å². The molecular formula is C40H38F10N2. The molecular weight excluding hydrogens is 698 g/mol. The molecule has 12 heteroatoms. The van der Waals surface area contributed by atoms with Gasteiger partial charge in [-0.2, -0.15) is 0 Å². The Hall–Kier alpha value is -4.48. The van der Waals surface area contributed by atoms with Crippen molar-refractivity contribution in [2.75, 3.05) is 9.80 Å². The van der Waals surface area contributed by atoms with Gasteiger partial charge in [-0.15, -0.1) is 0 Å². The summed E-state index contributed by atoms with van der Waals surface area (Å²) >= 11 is 0. The zero-order valence-corrected chi connectivity index (χ0v) is 29.8. The Bertz CT molecular complexity index is 1850. The van der Waals surface area contributed by atoms with Gasteiger partial charge < -0.3 is 9.80 Å². The third-order valence-electron chi connectivity index (χ3n) is 9.70. The van der Waals surface area contributed by atoms with Crippen molar-refractivity contribution in [2.45, 2.75) is 93.2 Å². The molecule has 0 atom stereocenters. The molecule has 1 heterocycles. The van der Waals surface area contributed by atoms with Crippen LogP contribution in [0, 0.1) is 99.7 Å². The van der Waals surface area contributed by atoms with Crippen molar-refractivity contribution in [1.82, 2.24) is 0 Å². The summed E-state index contributed by atoms with van der Waals surface area (Å²) in [5.74, 6) is -20.3. The first-order valence-electron chi connectivity index (χ1n) is 16.9. The second-order valence-electron chi connectivity index (χ2n) is 13.6. The molecule has 4 aromatic rings. The van der Waals surface area contributed by atoms with Crippen molar-refractivity contribution < 1.29 is 43.9 Å². The lowest BCUT2D eigenvalue weighted by molar-refractivity contribution is 0.369. The fraction of sp³-hybridized carbons (Fsp3) is 0.350. The van der Waals surface area contributed by atoms with Gasteiger partial charge in [0.25, 0.3) is 0 Å². The van der Waals surface area contributed by atoms with Gasteiger partial charge in [-0.25, -0.2) is 43.9 Å². The summed E-state index contributed by atoms with van der Waals surface area (Å²) in [6.45, 7) is 13.5. The molecule has 0 fully saturated rings. The molecule has 0 bridgehead atoms. The molecule has 0 aromatic heterocycles. The Balaban J connectivity index is 1.67. The monoisotopic (exact) mass is 736 g/mol. The van der Waals surface area contributed by atoms with Gasteiger partial charge in [-0.05, 0) is 109 Å². The molecule has 0 saturated carbocycles. The number of halogens is 10. The van der Waals surface area contributed by atoms with Crippen LogP contribution in [-0.4, -0.2) is 6.17 Å². The Morgan fingerprint density at radius 3 is 0.923 bits per heavy atom. The van der Waals surface area contributed by atoms with E-state index >= 15 is 0 Å². The second-order valence-corrected chi connectivity index (χ2v) is 13.6. The first kappa shape index (κ1) is 38.7. The SMILES string of the molecule is Cc1cc(C)c(N2C(CCCc3c(F)c(F)c(F)c(F)c3F)=C(CCCc3c(F)c(F)c(F)c(F)c3F)N(c3c(C)cc(C)cc3C)C2C)c(C)c1. The summed E-state index contributed by atoms with van der Waals surface area (Å²) in [5, 5.41) is 0. The van der Waals surface area contributed by atoms with E-state index in [2.05, 4.69) is 0 Å². The summed E-state index contributed by atoms with van der Waals surface area (Å²) in [5.41, 5.74) is 6.50. The van der Waals surface area contributed by atoms with E-state index in [1.165, 1.54) is 0 Å². The topological polar surface area (TPSA) is 6.48 Å². The van der Waals surface area contributed by atoms with Crippen LogP contribution in [0.15, 0.2) is 35.7 Å². The van der Waals surface area contributed by atoms with Crippen molar-refractivity contribution in [3.05, 3.63) is 138 Å². The number of rotatable bonds is 10. The molecule has 2 nitrogen and oxygen atoms in total. The number of anilines is 2. The summed E-state index contributed by atoms with van der Waals surface area (Å²) in [7, 11) is 0. The van der Waals surface area contributed by atoms with Crippen LogP contribution in [0.5, 0.6) is 0 Å². The number of benzene rings is 4. The normalized spacial score (nSPS) is 13.7. The van der Waals surface area contributed by atoms with E-state index in [0.717, 1.165) is 44.8 Å².